The fourth-order valence-electron chi connectivity index (χ4n) is 1.60. The van der Waals surface area contributed by atoms with E-state index in [-0.39, 0.29) is 17.3 Å². The summed E-state index contributed by atoms with van der Waals surface area (Å²) in [7, 11) is 0. The SMILES string of the molecule is C=CCN(C(=O)Nc1ccc(C(=O)O)cc1F)C(C)C. The molecule has 6 heteroatoms. The van der Waals surface area contributed by atoms with E-state index in [9.17, 15) is 14.0 Å². The predicted octanol–water partition coefficient (Wildman–Crippen LogP) is 2.95. The molecule has 0 aliphatic rings. The van der Waals surface area contributed by atoms with E-state index in [0.29, 0.717) is 6.54 Å². The number of rotatable bonds is 5. The van der Waals surface area contributed by atoms with Crippen LogP contribution >= 0.6 is 0 Å². The summed E-state index contributed by atoms with van der Waals surface area (Å²) in [5.74, 6) is -2.02. The monoisotopic (exact) mass is 280 g/mol. The maximum absolute atomic E-state index is 13.7. The lowest BCUT2D eigenvalue weighted by atomic mass is 10.2. The molecule has 0 fully saturated rings. The van der Waals surface area contributed by atoms with Crippen LogP contribution in [-0.4, -0.2) is 34.6 Å². The van der Waals surface area contributed by atoms with Crippen LogP contribution in [0, 0.1) is 5.82 Å². The Bertz CT molecular complexity index is 529. The highest BCUT2D eigenvalue weighted by Crippen LogP contribution is 2.17. The van der Waals surface area contributed by atoms with Crippen LogP contribution in [0.1, 0.15) is 24.2 Å². The van der Waals surface area contributed by atoms with Crippen LogP contribution in [0.4, 0.5) is 14.9 Å². The van der Waals surface area contributed by atoms with Gasteiger partial charge in [0.05, 0.1) is 11.3 Å². The van der Waals surface area contributed by atoms with Crippen LogP contribution in [0.5, 0.6) is 0 Å². The van der Waals surface area contributed by atoms with Crippen molar-refractivity contribution in [1.82, 2.24) is 4.90 Å². The second-order valence-electron chi connectivity index (χ2n) is 4.46. The number of urea groups is 1. The van der Waals surface area contributed by atoms with Crippen LogP contribution in [-0.2, 0) is 0 Å². The number of halogens is 1. The number of carboxylic acids is 1. The van der Waals surface area contributed by atoms with Gasteiger partial charge in [0.1, 0.15) is 5.82 Å². The number of carbonyl (C=O) groups excluding carboxylic acids is 1. The van der Waals surface area contributed by atoms with Gasteiger partial charge in [0.25, 0.3) is 0 Å². The molecule has 2 amide bonds. The van der Waals surface area contributed by atoms with Gasteiger partial charge in [-0.3, -0.25) is 0 Å². The Labute approximate surface area is 116 Å². The minimum atomic E-state index is -1.22. The number of hydrogen-bond acceptors (Lipinski definition) is 2. The first kappa shape index (κ1) is 15.7. The number of amides is 2. The van der Waals surface area contributed by atoms with Crippen molar-refractivity contribution in [2.24, 2.45) is 0 Å². The summed E-state index contributed by atoms with van der Waals surface area (Å²) in [6, 6.07) is 2.78. The molecular weight excluding hydrogens is 263 g/mol. The summed E-state index contributed by atoms with van der Waals surface area (Å²) in [5, 5.41) is 11.2. The first-order chi connectivity index (χ1) is 9.36. The number of benzene rings is 1. The highest BCUT2D eigenvalue weighted by Gasteiger charge is 2.17. The number of anilines is 1. The normalized spacial score (nSPS) is 10.2. The van der Waals surface area contributed by atoms with Crippen LogP contribution in [0.25, 0.3) is 0 Å². The van der Waals surface area contributed by atoms with Gasteiger partial charge in [-0.2, -0.15) is 0 Å². The Morgan fingerprint density at radius 2 is 2.15 bits per heavy atom. The topological polar surface area (TPSA) is 69.6 Å². The smallest absolute Gasteiger partial charge is 0.335 e. The summed E-state index contributed by atoms with van der Waals surface area (Å²) in [6.07, 6.45) is 1.57. The van der Waals surface area contributed by atoms with E-state index in [1.807, 2.05) is 13.8 Å². The lowest BCUT2D eigenvalue weighted by Gasteiger charge is -2.25. The molecule has 0 heterocycles. The van der Waals surface area contributed by atoms with Crippen LogP contribution in [0.3, 0.4) is 0 Å². The van der Waals surface area contributed by atoms with Gasteiger partial charge >= 0.3 is 12.0 Å². The van der Waals surface area contributed by atoms with Gasteiger partial charge < -0.3 is 15.3 Å². The van der Waals surface area contributed by atoms with E-state index in [2.05, 4.69) is 11.9 Å². The predicted molar refractivity (Wildman–Crippen MR) is 74.4 cm³/mol. The van der Waals surface area contributed by atoms with Gasteiger partial charge in [-0.15, -0.1) is 6.58 Å². The van der Waals surface area contributed by atoms with Crippen molar-refractivity contribution < 1.29 is 19.1 Å². The number of nitrogens with one attached hydrogen (secondary N) is 1. The Morgan fingerprint density at radius 3 is 2.60 bits per heavy atom. The molecule has 0 radical (unpaired) electrons. The Balaban J connectivity index is 2.89. The van der Waals surface area contributed by atoms with Crippen molar-refractivity contribution in [1.29, 1.82) is 0 Å². The zero-order valence-electron chi connectivity index (χ0n) is 11.4. The average molecular weight is 280 g/mol. The third-order valence-electron chi connectivity index (χ3n) is 2.67. The van der Waals surface area contributed by atoms with Gasteiger partial charge in [-0.05, 0) is 32.0 Å². The molecule has 0 saturated carbocycles. The highest BCUT2D eigenvalue weighted by atomic mass is 19.1. The van der Waals surface area contributed by atoms with E-state index in [1.165, 1.54) is 17.0 Å². The van der Waals surface area contributed by atoms with Crippen molar-refractivity contribution >= 4 is 17.7 Å². The van der Waals surface area contributed by atoms with E-state index >= 15 is 0 Å². The van der Waals surface area contributed by atoms with Gasteiger partial charge in [0.2, 0.25) is 0 Å². The van der Waals surface area contributed by atoms with Crippen LogP contribution < -0.4 is 5.32 Å². The second kappa shape index (κ2) is 6.70. The summed E-state index contributed by atoms with van der Waals surface area (Å²) < 4.78 is 13.7. The van der Waals surface area contributed by atoms with Gasteiger partial charge in [-0.25, -0.2) is 14.0 Å². The molecule has 2 N–H and O–H groups in total. The molecule has 1 rings (SSSR count). The molecule has 0 aliphatic heterocycles. The van der Waals surface area contributed by atoms with Gasteiger partial charge in [0, 0.05) is 12.6 Å². The maximum Gasteiger partial charge on any atom is 0.335 e. The van der Waals surface area contributed by atoms with Gasteiger partial charge in [-0.1, -0.05) is 6.08 Å². The molecule has 0 saturated heterocycles. The fourth-order valence-corrected chi connectivity index (χ4v) is 1.60. The average Bonchev–Trinajstić information content (AvgIpc) is 2.37. The summed E-state index contributed by atoms with van der Waals surface area (Å²) >= 11 is 0. The van der Waals surface area contributed by atoms with Crippen molar-refractivity contribution in [3.8, 4) is 0 Å². The Morgan fingerprint density at radius 1 is 1.50 bits per heavy atom. The first-order valence-electron chi connectivity index (χ1n) is 6.08. The molecule has 108 valence electrons. The van der Waals surface area contributed by atoms with Gasteiger partial charge in [0.15, 0.2) is 0 Å². The summed E-state index contributed by atoms with van der Waals surface area (Å²) in [5.41, 5.74) is -0.234. The quantitative estimate of drug-likeness (QED) is 0.815. The van der Waals surface area contributed by atoms with Crippen molar-refractivity contribution in [3.63, 3.8) is 0 Å². The van der Waals surface area contributed by atoms with Crippen LogP contribution in [0.15, 0.2) is 30.9 Å². The number of carboxylic acid groups (broad SMARTS) is 1. The molecule has 20 heavy (non-hydrogen) atoms. The largest absolute Gasteiger partial charge is 0.478 e. The third kappa shape index (κ3) is 3.81. The van der Waals surface area contributed by atoms with Crippen molar-refractivity contribution in [3.05, 3.63) is 42.2 Å². The molecule has 1 aromatic carbocycles. The van der Waals surface area contributed by atoms with Crippen LogP contribution in [0.2, 0.25) is 0 Å². The summed E-state index contributed by atoms with van der Waals surface area (Å²) in [6.45, 7) is 7.54. The molecule has 0 atom stereocenters. The lowest BCUT2D eigenvalue weighted by molar-refractivity contribution is 0.0696. The minimum absolute atomic E-state index is 0.0605. The zero-order valence-corrected chi connectivity index (χ0v) is 11.4. The van der Waals surface area contributed by atoms with E-state index in [1.54, 1.807) is 6.08 Å². The Hall–Kier alpha value is -2.37. The van der Waals surface area contributed by atoms with Crippen molar-refractivity contribution in [2.45, 2.75) is 19.9 Å². The van der Waals surface area contributed by atoms with E-state index < -0.39 is 17.8 Å². The Kier molecular flexibility index (Phi) is 5.25. The molecule has 5 nitrogen and oxygen atoms in total. The molecule has 1 aromatic rings. The highest BCUT2D eigenvalue weighted by molar-refractivity contribution is 5.92. The molecular formula is C14H17FN2O3. The number of nitrogens with zero attached hydrogens (tertiary/aromatic N) is 1. The number of aromatic carboxylic acids is 1. The molecule has 0 spiro atoms. The lowest BCUT2D eigenvalue weighted by Crippen LogP contribution is -2.40. The molecule has 0 aliphatic carbocycles. The van der Waals surface area contributed by atoms with Crippen molar-refractivity contribution in [2.75, 3.05) is 11.9 Å². The van der Waals surface area contributed by atoms with E-state index in [0.717, 1.165) is 6.07 Å². The molecule has 0 unspecified atom stereocenters. The standard InChI is InChI=1S/C14H17FN2O3/c1-4-7-17(9(2)3)14(20)16-12-6-5-10(13(18)19)8-11(12)15/h4-6,8-9H,1,7H2,2-3H3,(H,16,20)(H,18,19). The minimum Gasteiger partial charge on any atom is -0.478 e. The number of hydrogen-bond donors (Lipinski definition) is 2. The fraction of sp³-hybridized carbons (Fsp3) is 0.286. The zero-order chi connectivity index (χ0) is 15.3. The second-order valence-corrected chi connectivity index (χ2v) is 4.46. The maximum atomic E-state index is 13.7. The summed E-state index contributed by atoms with van der Waals surface area (Å²) in [4.78, 5) is 24.2. The first-order valence-corrected chi connectivity index (χ1v) is 6.08. The third-order valence-corrected chi connectivity index (χ3v) is 2.67. The number of carbonyl (C=O) groups is 2. The molecule has 0 bridgehead atoms. The van der Waals surface area contributed by atoms with E-state index in [4.69, 9.17) is 5.11 Å². The molecule has 0 aromatic heterocycles.